The molecule has 1 atom stereocenters. The number of aromatic nitrogens is 1. The summed E-state index contributed by atoms with van der Waals surface area (Å²) in [6, 6.07) is 1.80. The van der Waals surface area contributed by atoms with E-state index in [1.807, 2.05) is 6.92 Å². The van der Waals surface area contributed by atoms with E-state index in [1.165, 1.54) is 0 Å². The van der Waals surface area contributed by atoms with Gasteiger partial charge in [-0.2, -0.15) is 0 Å². The zero-order valence-corrected chi connectivity index (χ0v) is 6.59. The van der Waals surface area contributed by atoms with Gasteiger partial charge in [0, 0.05) is 11.9 Å². The summed E-state index contributed by atoms with van der Waals surface area (Å²) in [5.74, 6) is -1.20. The van der Waals surface area contributed by atoms with Crippen molar-refractivity contribution in [1.82, 2.24) is 4.98 Å². The van der Waals surface area contributed by atoms with Crippen LogP contribution in [-0.2, 0) is 4.79 Å². The van der Waals surface area contributed by atoms with Gasteiger partial charge < -0.3 is 10.1 Å². The van der Waals surface area contributed by atoms with Crippen LogP contribution in [0.25, 0.3) is 0 Å². The number of carboxylic acid groups (broad SMARTS) is 1. The third kappa shape index (κ3) is 1.42. The molecular formula is C8H11NO2. The molecule has 60 valence electrons. The number of rotatable bonds is 2. The van der Waals surface area contributed by atoms with Gasteiger partial charge in [-0.3, -0.25) is 4.79 Å². The van der Waals surface area contributed by atoms with E-state index in [9.17, 15) is 4.79 Å². The molecule has 0 aliphatic carbocycles. The number of carbonyl (C=O) groups is 1. The van der Waals surface area contributed by atoms with Gasteiger partial charge in [0.25, 0.3) is 0 Å². The van der Waals surface area contributed by atoms with Gasteiger partial charge in [0.05, 0.1) is 5.92 Å². The van der Waals surface area contributed by atoms with Crippen LogP contribution in [-0.4, -0.2) is 16.1 Å². The third-order valence-corrected chi connectivity index (χ3v) is 1.83. The van der Waals surface area contributed by atoms with Gasteiger partial charge >= 0.3 is 5.97 Å². The number of hydrogen-bond donors (Lipinski definition) is 2. The van der Waals surface area contributed by atoms with Crippen LogP contribution in [0, 0.1) is 6.92 Å². The highest BCUT2D eigenvalue weighted by molar-refractivity contribution is 5.75. The summed E-state index contributed by atoms with van der Waals surface area (Å²) in [7, 11) is 0. The molecule has 1 heterocycles. The summed E-state index contributed by atoms with van der Waals surface area (Å²) in [6.07, 6.45) is 1.75. The second-order valence-electron chi connectivity index (χ2n) is 2.62. The minimum absolute atomic E-state index is 0.416. The first kappa shape index (κ1) is 7.85. The molecule has 0 aliphatic heterocycles. The number of carboxylic acids is 1. The van der Waals surface area contributed by atoms with Gasteiger partial charge in [-0.1, -0.05) is 0 Å². The Morgan fingerprint density at radius 2 is 2.36 bits per heavy atom. The fourth-order valence-corrected chi connectivity index (χ4v) is 1.07. The summed E-state index contributed by atoms with van der Waals surface area (Å²) in [6.45, 7) is 3.55. The molecule has 0 radical (unpaired) electrons. The van der Waals surface area contributed by atoms with E-state index in [0.717, 1.165) is 11.3 Å². The van der Waals surface area contributed by atoms with Crippen LogP contribution >= 0.6 is 0 Å². The van der Waals surface area contributed by atoms with Gasteiger partial charge in [0.1, 0.15) is 0 Å². The molecule has 0 bridgehead atoms. The number of aryl methyl sites for hydroxylation is 1. The Hall–Kier alpha value is -1.25. The quantitative estimate of drug-likeness (QED) is 0.676. The zero-order valence-electron chi connectivity index (χ0n) is 6.59. The van der Waals surface area contributed by atoms with E-state index in [-0.39, 0.29) is 0 Å². The molecule has 1 unspecified atom stereocenters. The molecule has 0 saturated heterocycles. The van der Waals surface area contributed by atoms with E-state index >= 15 is 0 Å². The predicted octanol–water partition coefficient (Wildman–Crippen LogP) is 1.51. The predicted molar refractivity (Wildman–Crippen MR) is 41.6 cm³/mol. The largest absolute Gasteiger partial charge is 0.481 e. The summed E-state index contributed by atoms with van der Waals surface area (Å²) >= 11 is 0. The Balaban J connectivity index is 2.92. The molecule has 0 amide bonds. The van der Waals surface area contributed by atoms with Crippen molar-refractivity contribution in [2.45, 2.75) is 19.8 Å². The number of hydrogen-bond acceptors (Lipinski definition) is 1. The Bertz CT molecular complexity index is 265. The van der Waals surface area contributed by atoms with Crippen LogP contribution in [0.15, 0.2) is 12.3 Å². The molecule has 3 heteroatoms. The fourth-order valence-electron chi connectivity index (χ4n) is 1.07. The van der Waals surface area contributed by atoms with Gasteiger partial charge in [-0.25, -0.2) is 0 Å². The minimum atomic E-state index is -0.785. The zero-order chi connectivity index (χ0) is 8.43. The molecule has 1 rings (SSSR count). The monoisotopic (exact) mass is 153 g/mol. The van der Waals surface area contributed by atoms with Crippen molar-refractivity contribution in [2.75, 3.05) is 0 Å². The van der Waals surface area contributed by atoms with Gasteiger partial charge in [-0.15, -0.1) is 0 Å². The van der Waals surface area contributed by atoms with Gasteiger partial charge in [0.2, 0.25) is 0 Å². The van der Waals surface area contributed by atoms with Crippen LogP contribution in [0.2, 0.25) is 0 Å². The molecule has 0 saturated carbocycles. The standard InChI is InChI=1S/C8H11NO2/c1-5(8(10)11)7-3-4-9-6(7)2/h3-5,9H,1-2H3,(H,10,11). The number of aliphatic carboxylic acids is 1. The highest BCUT2D eigenvalue weighted by Gasteiger charge is 2.15. The number of aromatic amines is 1. The van der Waals surface area contributed by atoms with E-state index in [4.69, 9.17) is 5.11 Å². The highest BCUT2D eigenvalue weighted by Crippen LogP contribution is 2.17. The summed E-state index contributed by atoms with van der Waals surface area (Å²) in [5, 5.41) is 8.66. The molecule has 1 aromatic rings. The van der Waals surface area contributed by atoms with Crippen molar-refractivity contribution in [3.63, 3.8) is 0 Å². The molecule has 3 nitrogen and oxygen atoms in total. The van der Waals surface area contributed by atoms with Crippen molar-refractivity contribution in [3.8, 4) is 0 Å². The van der Waals surface area contributed by atoms with Gasteiger partial charge in [0.15, 0.2) is 0 Å². The van der Waals surface area contributed by atoms with Crippen molar-refractivity contribution in [3.05, 3.63) is 23.5 Å². The molecule has 0 spiro atoms. The first-order chi connectivity index (χ1) is 5.13. The average Bonchev–Trinajstić information content (AvgIpc) is 2.33. The van der Waals surface area contributed by atoms with E-state index in [0.29, 0.717) is 0 Å². The average molecular weight is 153 g/mol. The third-order valence-electron chi connectivity index (χ3n) is 1.83. The Kier molecular flexibility index (Phi) is 1.98. The lowest BCUT2D eigenvalue weighted by molar-refractivity contribution is -0.138. The topological polar surface area (TPSA) is 53.1 Å². The second-order valence-corrected chi connectivity index (χ2v) is 2.62. The molecule has 2 N–H and O–H groups in total. The van der Waals surface area contributed by atoms with Gasteiger partial charge in [-0.05, 0) is 25.5 Å². The van der Waals surface area contributed by atoms with E-state index < -0.39 is 11.9 Å². The van der Waals surface area contributed by atoms with Crippen LogP contribution in [0.1, 0.15) is 24.1 Å². The lowest BCUT2D eigenvalue weighted by Gasteiger charge is -2.03. The normalized spacial score (nSPS) is 12.9. The molecule has 0 aromatic carbocycles. The fraction of sp³-hybridized carbons (Fsp3) is 0.375. The van der Waals surface area contributed by atoms with E-state index in [1.54, 1.807) is 19.2 Å². The molecule has 0 fully saturated rings. The molecular weight excluding hydrogens is 142 g/mol. The summed E-state index contributed by atoms with van der Waals surface area (Å²) in [4.78, 5) is 13.5. The molecule has 0 aliphatic rings. The van der Waals surface area contributed by atoms with Crippen LogP contribution in [0.3, 0.4) is 0 Å². The summed E-state index contributed by atoms with van der Waals surface area (Å²) in [5.41, 5.74) is 1.79. The molecule has 1 aromatic heterocycles. The van der Waals surface area contributed by atoms with Crippen molar-refractivity contribution >= 4 is 5.97 Å². The Morgan fingerprint density at radius 3 is 2.73 bits per heavy atom. The van der Waals surface area contributed by atoms with Crippen molar-refractivity contribution < 1.29 is 9.90 Å². The minimum Gasteiger partial charge on any atom is -0.481 e. The second kappa shape index (κ2) is 2.78. The first-order valence-corrected chi connectivity index (χ1v) is 3.49. The first-order valence-electron chi connectivity index (χ1n) is 3.49. The number of nitrogens with one attached hydrogen (secondary N) is 1. The highest BCUT2D eigenvalue weighted by atomic mass is 16.4. The van der Waals surface area contributed by atoms with Crippen molar-refractivity contribution in [1.29, 1.82) is 0 Å². The molecule has 11 heavy (non-hydrogen) atoms. The van der Waals surface area contributed by atoms with Crippen molar-refractivity contribution in [2.24, 2.45) is 0 Å². The summed E-state index contributed by atoms with van der Waals surface area (Å²) < 4.78 is 0. The number of H-pyrrole nitrogens is 1. The maximum Gasteiger partial charge on any atom is 0.310 e. The SMILES string of the molecule is Cc1[nH]ccc1C(C)C(=O)O. The maximum absolute atomic E-state index is 10.5. The van der Waals surface area contributed by atoms with Crippen LogP contribution in [0.5, 0.6) is 0 Å². The Morgan fingerprint density at radius 1 is 1.73 bits per heavy atom. The Labute approximate surface area is 65.1 Å². The lowest BCUT2D eigenvalue weighted by Crippen LogP contribution is -2.07. The van der Waals surface area contributed by atoms with Crippen LogP contribution < -0.4 is 0 Å². The smallest absolute Gasteiger partial charge is 0.310 e. The van der Waals surface area contributed by atoms with E-state index in [2.05, 4.69) is 4.98 Å². The maximum atomic E-state index is 10.5. The van der Waals surface area contributed by atoms with Crippen LogP contribution in [0.4, 0.5) is 0 Å². The lowest BCUT2D eigenvalue weighted by atomic mass is 10.0.